The lowest BCUT2D eigenvalue weighted by Gasteiger charge is -2.37. The molecule has 0 spiro atoms. The molecular weight excluding hydrogens is 526 g/mol. The summed E-state index contributed by atoms with van der Waals surface area (Å²) in [5.41, 5.74) is 1.38. The number of ether oxygens (including phenoxy) is 2. The van der Waals surface area contributed by atoms with Gasteiger partial charge in [-0.15, -0.1) is 0 Å². The lowest BCUT2D eigenvalue weighted by atomic mass is 9.76. The summed E-state index contributed by atoms with van der Waals surface area (Å²) in [4.78, 5) is 44.3. The molecule has 0 saturated heterocycles. The SMILES string of the molecule is COC(=O)[C@H](CC(C)C)C(C(=O)OC(C)(C)C)C(=O)[C@H](CC1CCCCC1)N(Cc1ccccc1)Cc1ccccc1. The Balaban J connectivity index is 2.12. The number of Topliss-reactive ketones (excluding diaryl/α,β-unsaturated/α-hetero) is 1. The molecule has 3 atom stereocenters. The highest BCUT2D eigenvalue weighted by Gasteiger charge is 2.46. The summed E-state index contributed by atoms with van der Waals surface area (Å²) in [6.45, 7) is 10.4. The summed E-state index contributed by atoms with van der Waals surface area (Å²) in [6.07, 6.45) is 6.65. The van der Waals surface area contributed by atoms with E-state index in [4.69, 9.17) is 9.47 Å². The van der Waals surface area contributed by atoms with Gasteiger partial charge in [0.1, 0.15) is 11.5 Å². The molecule has 0 aromatic heterocycles. The molecule has 1 saturated carbocycles. The molecule has 2 aromatic rings. The van der Waals surface area contributed by atoms with Gasteiger partial charge in [-0.3, -0.25) is 19.3 Å². The number of esters is 2. The van der Waals surface area contributed by atoms with Crippen molar-refractivity contribution in [3.8, 4) is 0 Å². The van der Waals surface area contributed by atoms with Crippen LogP contribution >= 0.6 is 0 Å². The summed E-state index contributed by atoms with van der Waals surface area (Å²) >= 11 is 0. The van der Waals surface area contributed by atoms with Crippen LogP contribution in [0.2, 0.25) is 0 Å². The second-order valence-electron chi connectivity index (χ2n) is 13.3. The summed E-state index contributed by atoms with van der Waals surface area (Å²) in [5.74, 6) is -3.13. The lowest BCUT2D eigenvalue weighted by Crippen LogP contribution is -2.50. The van der Waals surface area contributed by atoms with Crippen molar-refractivity contribution in [2.75, 3.05) is 7.11 Å². The van der Waals surface area contributed by atoms with E-state index in [1.807, 2.05) is 50.2 Å². The van der Waals surface area contributed by atoms with Gasteiger partial charge in [-0.05, 0) is 56.6 Å². The molecule has 0 aliphatic heterocycles. The Kier molecular flexibility index (Phi) is 12.8. The molecule has 1 unspecified atom stereocenters. The van der Waals surface area contributed by atoms with Gasteiger partial charge < -0.3 is 9.47 Å². The van der Waals surface area contributed by atoms with E-state index in [-0.39, 0.29) is 11.7 Å². The standard InChI is InChI=1S/C36H51NO5/c1-26(2)22-30(34(39)41-6)32(35(40)42-36(3,4)5)33(38)31(23-27-16-10-7-11-17-27)37(24-28-18-12-8-13-19-28)25-29-20-14-9-15-21-29/h8-9,12-15,18-21,26-27,30-32H,7,10-11,16-17,22-25H2,1-6H3/t30-,31+,32?/m1/s1. The summed E-state index contributed by atoms with van der Waals surface area (Å²) in [7, 11) is 1.32. The smallest absolute Gasteiger partial charge is 0.317 e. The zero-order valence-corrected chi connectivity index (χ0v) is 26.5. The fourth-order valence-electron chi connectivity index (χ4n) is 6.17. The van der Waals surface area contributed by atoms with Crippen molar-refractivity contribution in [2.24, 2.45) is 23.7 Å². The van der Waals surface area contributed by atoms with E-state index in [0.717, 1.165) is 36.8 Å². The molecule has 0 radical (unpaired) electrons. The Morgan fingerprint density at radius 2 is 1.36 bits per heavy atom. The van der Waals surface area contributed by atoms with Crippen molar-refractivity contribution in [2.45, 2.75) is 104 Å². The first-order valence-corrected chi connectivity index (χ1v) is 15.6. The fourth-order valence-corrected chi connectivity index (χ4v) is 6.17. The fraction of sp³-hybridized carbons (Fsp3) is 0.583. The van der Waals surface area contributed by atoms with Crippen LogP contribution in [0.3, 0.4) is 0 Å². The third-order valence-corrected chi connectivity index (χ3v) is 8.11. The molecule has 2 aromatic carbocycles. The van der Waals surface area contributed by atoms with E-state index in [1.165, 1.54) is 13.5 Å². The quantitative estimate of drug-likeness (QED) is 0.172. The number of nitrogens with zero attached hydrogens (tertiary/aromatic N) is 1. The van der Waals surface area contributed by atoms with Crippen molar-refractivity contribution in [1.82, 2.24) is 4.90 Å². The Morgan fingerprint density at radius 1 is 0.833 bits per heavy atom. The van der Waals surface area contributed by atoms with E-state index in [1.54, 1.807) is 20.8 Å². The largest absolute Gasteiger partial charge is 0.469 e. The molecule has 0 N–H and O–H groups in total. The number of hydrogen-bond acceptors (Lipinski definition) is 6. The van der Waals surface area contributed by atoms with E-state index in [9.17, 15) is 14.4 Å². The van der Waals surface area contributed by atoms with E-state index < -0.39 is 35.4 Å². The third-order valence-electron chi connectivity index (χ3n) is 8.11. The second-order valence-corrected chi connectivity index (χ2v) is 13.3. The molecule has 0 heterocycles. The van der Waals surface area contributed by atoms with E-state index in [0.29, 0.717) is 31.8 Å². The third kappa shape index (κ3) is 10.4. The van der Waals surface area contributed by atoms with Gasteiger partial charge >= 0.3 is 11.9 Å². The highest BCUT2D eigenvalue weighted by atomic mass is 16.6. The van der Waals surface area contributed by atoms with Crippen molar-refractivity contribution < 1.29 is 23.9 Å². The molecule has 1 aliphatic carbocycles. The van der Waals surface area contributed by atoms with Gasteiger partial charge in [0.15, 0.2) is 5.78 Å². The minimum absolute atomic E-state index is 0.0772. The highest BCUT2D eigenvalue weighted by molar-refractivity contribution is 6.05. The maximum absolute atomic E-state index is 15.0. The van der Waals surface area contributed by atoms with Crippen LogP contribution in [0.4, 0.5) is 0 Å². The van der Waals surface area contributed by atoms with E-state index in [2.05, 4.69) is 29.2 Å². The van der Waals surface area contributed by atoms with Crippen molar-refractivity contribution in [1.29, 1.82) is 0 Å². The van der Waals surface area contributed by atoms with Crippen LogP contribution in [0, 0.1) is 23.7 Å². The Hall–Kier alpha value is -2.99. The maximum Gasteiger partial charge on any atom is 0.317 e. The van der Waals surface area contributed by atoms with Crippen LogP contribution in [-0.2, 0) is 36.9 Å². The molecule has 3 rings (SSSR count). The number of methoxy groups -OCH3 is 1. The van der Waals surface area contributed by atoms with Gasteiger partial charge in [0.05, 0.1) is 19.1 Å². The molecule has 230 valence electrons. The predicted octanol–water partition coefficient (Wildman–Crippen LogP) is 7.39. The number of ketones is 1. The van der Waals surface area contributed by atoms with Gasteiger partial charge in [-0.2, -0.15) is 0 Å². The van der Waals surface area contributed by atoms with Crippen LogP contribution in [0.25, 0.3) is 0 Å². The molecular formula is C36H51NO5. The zero-order valence-electron chi connectivity index (χ0n) is 26.5. The summed E-state index contributed by atoms with van der Waals surface area (Å²) in [5, 5.41) is 0. The molecule has 6 nitrogen and oxygen atoms in total. The van der Waals surface area contributed by atoms with Crippen LogP contribution in [0.1, 0.15) is 90.7 Å². The molecule has 1 fully saturated rings. The van der Waals surface area contributed by atoms with Gasteiger partial charge in [-0.25, -0.2) is 0 Å². The topological polar surface area (TPSA) is 72.9 Å². The first kappa shape index (κ1) is 33.5. The lowest BCUT2D eigenvalue weighted by molar-refractivity contribution is -0.171. The first-order chi connectivity index (χ1) is 20.0. The highest BCUT2D eigenvalue weighted by Crippen LogP contribution is 2.34. The first-order valence-electron chi connectivity index (χ1n) is 15.6. The van der Waals surface area contributed by atoms with Crippen molar-refractivity contribution in [3.05, 3.63) is 71.8 Å². The number of carbonyl (C=O) groups excluding carboxylic acids is 3. The van der Waals surface area contributed by atoms with Crippen LogP contribution in [-0.4, -0.2) is 41.4 Å². The van der Waals surface area contributed by atoms with Crippen LogP contribution in [0.15, 0.2) is 60.7 Å². The summed E-state index contributed by atoms with van der Waals surface area (Å²) < 4.78 is 11.0. The Bertz CT molecular complexity index is 1080. The maximum atomic E-state index is 15.0. The van der Waals surface area contributed by atoms with Crippen LogP contribution in [0.5, 0.6) is 0 Å². The van der Waals surface area contributed by atoms with Crippen molar-refractivity contribution >= 4 is 17.7 Å². The van der Waals surface area contributed by atoms with E-state index >= 15 is 0 Å². The predicted molar refractivity (Wildman–Crippen MR) is 166 cm³/mol. The minimum Gasteiger partial charge on any atom is -0.469 e. The second kappa shape index (κ2) is 16.0. The van der Waals surface area contributed by atoms with Crippen LogP contribution < -0.4 is 0 Å². The van der Waals surface area contributed by atoms with Gasteiger partial charge in [-0.1, -0.05) is 107 Å². The number of hydrogen-bond donors (Lipinski definition) is 0. The zero-order chi connectivity index (χ0) is 30.7. The van der Waals surface area contributed by atoms with Gasteiger partial charge in [0.2, 0.25) is 0 Å². The number of carbonyl (C=O) groups is 3. The van der Waals surface area contributed by atoms with Crippen molar-refractivity contribution in [3.63, 3.8) is 0 Å². The Morgan fingerprint density at radius 3 is 1.81 bits per heavy atom. The molecule has 0 amide bonds. The van der Waals surface area contributed by atoms with Gasteiger partial charge in [0.25, 0.3) is 0 Å². The number of rotatable bonds is 14. The normalized spacial score (nSPS) is 16.6. The Labute approximate surface area is 253 Å². The average Bonchev–Trinajstić information content (AvgIpc) is 2.95. The monoisotopic (exact) mass is 577 g/mol. The van der Waals surface area contributed by atoms with Gasteiger partial charge in [0, 0.05) is 13.1 Å². The molecule has 6 heteroatoms. The molecule has 1 aliphatic rings. The number of benzene rings is 2. The minimum atomic E-state index is -1.25. The molecule has 0 bridgehead atoms. The molecule has 42 heavy (non-hydrogen) atoms. The average molecular weight is 578 g/mol. The summed E-state index contributed by atoms with van der Waals surface area (Å²) in [6, 6.07) is 19.7.